The van der Waals surface area contributed by atoms with Gasteiger partial charge >= 0.3 is 0 Å². The van der Waals surface area contributed by atoms with Crippen molar-refractivity contribution in [2.75, 3.05) is 13.7 Å². The maximum Gasteiger partial charge on any atom is 0.227 e. The van der Waals surface area contributed by atoms with Gasteiger partial charge in [0.1, 0.15) is 5.75 Å². The summed E-state index contributed by atoms with van der Waals surface area (Å²) in [5.74, 6) is 0.876. The average Bonchev–Trinajstić information content (AvgIpc) is 2.82. The topological polar surface area (TPSA) is 47.4 Å². The first-order valence-corrected chi connectivity index (χ1v) is 7.57. The summed E-state index contributed by atoms with van der Waals surface area (Å²) in [7, 11) is 3.50. The molecule has 1 aliphatic rings. The highest BCUT2D eigenvalue weighted by Crippen LogP contribution is 2.22. The highest BCUT2D eigenvalue weighted by atomic mass is 35.5. The molecule has 0 radical (unpaired) electrons. The average molecular weight is 320 g/mol. The van der Waals surface area contributed by atoms with Crippen LogP contribution in [0, 0.1) is 0 Å². The smallest absolute Gasteiger partial charge is 0.227 e. The predicted octanol–water partition coefficient (Wildman–Crippen LogP) is 2.21. The Morgan fingerprint density at radius 1 is 1.45 bits per heavy atom. The molecule has 22 heavy (non-hydrogen) atoms. The van der Waals surface area contributed by atoms with Crippen LogP contribution in [0.3, 0.4) is 0 Å². The van der Waals surface area contributed by atoms with Gasteiger partial charge in [-0.05, 0) is 29.3 Å². The standard InChI is InChI=1S/C16H18ClN3O2/c1-19-14-10-20(7-6-13(14)18-16(19)17)15(21)9-11-4-3-5-12(8-11)22-2/h3-5,8H,6-7,9-10H2,1-2H3. The fraction of sp³-hybridized carbons (Fsp3) is 0.375. The van der Waals surface area contributed by atoms with E-state index in [-0.39, 0.29) is 5.91 Å². The second kappa shape index (κ2) is 6.01. The molecule has 0 N–H and O–H groups in total. The van der Waals surface area contributed by atoms with Gasteiger partial charge in [-0.15, -0.1) is 0 Å². The van der Waals surface area contributed by atoms with Gasteiger partial charge in [0.2, 0.25) is 11.2 Å². The van der Waals surface area contributed by atoms with E-state index in [2.05, 4.69) is 4.98 Å². The number of fused-ring (bicyclic) bond motifs is 1. The number of rotatable bonds is 3. The molecule has 3 rings (SSSR count). The SMILES string of the molecule is COc1cccc(CC(=O)N2CCc3nc(Cl)n(C)c3C2)c1. The van der Waals surface area contributed by atoms with E-state index < -0.39 is 0 Å². The maximum atomic E-state index is 12.5. The molecule has 5 nitrogen and oxygen atoms in total. The van der Waals surface area contributed by atoms with Crippen LogP contribution >= 0.6 is 11.6 Å². The Labute approximate surface area is 134 Å². The van der Waals surface area contributed by atoms with Gasteiger partial charge in [0.25, 0.3) is 0 Å². The number of imidazole rings is 1. The van der Waals surface area contributed by atoms with Crippen LogP contribution in [0.25, 0.3) is 0 Å². The van der Waals surface area contributed by atoms with Gasteiger partial charge in [0, 0.05) is 20.0 Å². The molecule has 0 saturated heterocycles. The lowest BCUT2D eigenvalue weighted by molar-refractivity contribution is -0.131. The summed E-state index contributed by atoms with van der Waals surface area (Å²) in [5, 5.41) is 0.479. The molecule has 116 valence electrons. The minimum Gasteiger partial charge on any atom is -0.497 e. The zero-order valence-electron chi connectivity index (χ0n) is 12.7. The number of hydrogen-bond acceptors (Lipinski definition) is 3. The normalized spacial score (nSPS) is 13.9. The van der Waals surface area contributed by atoms with E-state index in [1.54, 1.807) is 7.11 Å². The zero-order chi connectivity index (χ0) is 15.7. The maximum absolute atomic E-state index is 12.5. The number of methoxy groups -OCH3 is 1. The van der Waals surface area contributed by atoms with Gasteiger partial charge in [0.05, 0.1) is 31.5 Å². The number of ether oxygens (including phenoxy) is 1. The zero-order valence-corrected chi connectivity index (χ0v) is 13.4. The number of aromatic nitrogens is 2. The number of carbonyl (C=O) groups is 1. The molecule has 0 spiro atoms. The minimum absolute atomic E-state index is 0.108. The van der Waals surface area contributed by atoms with Crippen molar-refractivity contribution >= 4 is 17.5 Å². The Kier molecular flexibility index (Phi) is 4.07. The third kappa shape index (κ3) is 2.81. The Morgan fingerprint density at radius 3 is 3.05 bits per heavy atom. The van der Waals surface area contributed by atoms with Crippen LogP contribution in [0.1, 0.15) is 17.0 Å². The summed E-state index contributed by atoms with van der Waals surface area (Å²) >= 11 is 6.04. The minimum atomic E-state index is 0.108. The molecule has 1 aromatic heterocycles. The summed E-state index contributed by atoms with van der Waals surface area (Å²) in [6.45, 7) is 1.25. The summed E-state index contributed by atoms with van der Waals surface area (Å²) in [6.07, 6.45) is 1.12. The van der Waals surface area contributed by atoms with E-state index in [1.165, 1.54) is 0 Å². The molecular weight excluding hydrogens is 302 g/mol. The predicted molar refractivity (Wildman–Crippen MR) is 84.0 cm³/mol. The number of hydrogen-bond donors (Lipinski definition) is 0. The molecule has 0 unspecified atom stereocenters. The van der Waals surface area contributed by atoms with Gasteiger partial charge in [-0.2, -0.15) is 0 Å². The van der Waals surface area contributed by atoms with Crippen LogP contribution in [-0.2, 0) is 31.2 Å². The monoisotopic (exact) mass is 319 g/mol. The van der Waals surface area contributed by atoms with Crippen molar-refractivity contribution in [3.63, 3.8) is 0 Å². The van der Waals surface area contributed by atoms with E-state index in [4.69, 9.17) is 16.3 Å². The highest BCUT2D eigenvalue weighted by molar-refractivity contribution is 6.28. The van der Waals surface area contributed by atoms with E-state index >= 15 is 0 Å². The summed E-state index contributed by atoms with van der Waals surface area (Å²) in [6, 6.07) is 7.61. The molecule has 0 atom stereocenters. The molecule has 0 aliphatic carbocycles. The number of carbonyl (C=O) groups excluding carboxylic acids is 1. The Balaban J connectivity index is 1.72. The molecule has 0 saturated carbocycles. The molecule has 0 fully saturated rings. The van der Waals surface area contributed by atoms with Crippen molar-refractivity contribution in [2.24, 2.45) is 7.05 Å². The number of nitrogens with zero attached hydrogens (tertiary/aromatic N) is 3. The van der Waals surface area contributed by atoms with Crippen LogP contribution in [0.2, 0.25) is 5.28 Å². The molecule has 1 aromatic carbocycles. The fourth-order valence-corrected chi connectivity index (χ4v) is 2.94. The van der Waals surface area contributed by atoms with Gasteiger partial charge in [-0.1, -0.05) is 12.1 Å². The Bertz CT molecular complexity index is 711. The van der Waals surface area contributed by atoms with Gasteiger partial charge < -0.3 is 14.2 Å². The molecule has 1 amide bonds. The first-order chi connectivity index (χ1) is 10.6. The van der Waals surface area contributed by atoms with Crippen LogP contribution in [-0.4, -0.2) is 34.0 Å². The lowest BCUT2D eigenvalue weighted by Gasteiger charge is -2.27. The van der Waals surface area contributed by atoms with Crippen molar-refractivity contribution < 1.29 is 9.53 Å². The number of benzene rings is 1. The largest absolute Gasteiger partial charge is 0.497 e. The van der Waals surface area contributed by atoms with E-state index in [9.17, 15) is 4.79 Å². The molecule has 2 heterocycles. The fourth-order valence-electron chi connectivity index (χ4n) is 2.74. The van der Waals surface area contributed by atoms with Crippen LogP contribution in [0.15, 0.2) is 24.3 Å². The molecule has 6 heteroatoms. The van der Waals surface area contributed by atoms with Crippen molar-refractivity contribution in [1.82, 2.24) is 14.5 Å². The lowest BCUT2D eigenvalue weighted by Crippen LogP contribution is -2.37. The third-order valence-corrected chi connectivity index (χ3v) is 4.38. The van der Waals surface area contributed by atoms with E-state index in [0.29, 0.717) is 24.8 Å². The summed E-state index contributed by atoms with van der Waals surface area (Å²) < 4.78 is 7.04. The van der Waals surface area contributed by atoms with E-state index in [0.717, 1.165) is 29.1 Å². The van der Waals surface area contributed by atoms with Crippen molar-refractivity contribution in [2.45, 2.75) is 19.4 Å². The second-order valence-electron chi connectivity index (χ2n) is 5.43. The van der Waals surface area contributed by atoms with Crippen molar-refractivity contribution in [1.29, 1.82) is 0 Å². The first kappa shape index (κ1) is 14.9. The second-order valence-corrected chi connectivity index (χ2v) is 5.76. The first-order valence-electron chi connectivity index (χ1n) is 7.19. The highest BCUT2D eigenvalue weighted by Gasteiger charge is 2.25. The van der Waals surface area contributed by atoms with Crippen LogP contribution < -0.4 is 4.74 Å². The number of amides is 1. The molecule has 2 aromatic rings. The van der Waals surface area contributed by atoms with Crippen molar-refractivity contribution in [3.8, 4) is 5.75 Å². The molecule has 0 bridgehead atoms. The summed E-state index contributed by atoms with van der Waals surface area (Å²) in [4.78, 5) is 18.7. The Hall–Kier alpha value is -2.01. The van der Waals surface area contributed by atoms with Crippen LogP contribution in [0.4, 0.5) is 0 Å². The Morgan fingerprint density at radius 2 is 2.27 bits per heavy atom. The third-order valence-electron chi connectivity index (χ3n) is 4.04. The lowest BCUT2D eigenvalue weighted by atomic mass is 10.1. The molecular formula is C16H18ClN3O2. The number of halogens is 1. The van der Waals surface area contributed by atoms with Gasteiger partial charge in [-0.25, -0.2) is 4.98 Å². The van der Waals surface area contributed by atoms with Crippen molar-refractivity contribution in [3.05, 3.63) is 46.5 Å². The quantitative estimate of drug-likeness (QED) is 0.871. The molecule has 1 aliphatic heterocycles. The van der Waals surface area contributed by atoms with Gasteiger partial charge in [0.15, 0.2) is 0 Å². The summed E-state index contributed by atoms with van der Waals surface area (Å²) in [5.41, 5.74) is 2.98. The van der Waals surface area contributed by atoms with Crippen LogP contribution in [0.5, 0.6) is 5.75 Å². The van der Waals surface area contributed by atoms with E-state index in [1.807, 2.05) is 40.8 Å². The van der Waals surface area contributed by atoms with Gasteiger partial charge in [-0.3, -0.25) is 4.79 Å².